The summed E-state index contributed by atoms with van der Waals surface area (Å²) in [6.45, 7) is 0. The Morgan fingerprint density at radius 2 is 0.846 bits per heavy atom. The second-order valence-corrected chi connectivity index (χ2v) is 14.7. The van der Waals surface area contributed by atoms with E-state index < -0.39 is 0 Å². The first-order valence-electron chi connectivity index (χ1n) is 17.9. The third-order valence-electron chi connectivity index (χ3n) is 10.8. The molecule has 0 radical (unpaired) electrons. The van der Waals surface area contributed by atoms with Gasteiger partial charge >= 0.3 is 0 Å². The van der Waals surface area contributed by atoms with Crippen LogP contribution in [0.5, 0.6) is 0 Å². The molecule has 0 saturated heterocycles. The number of hydrogen-bond acceptors (Lipinski definition) is 1. The zero-order valence-electron chi connectivity index (χ0n) is 28.3. The SMILES string of the molecule is c1ccc(-c2c3ccccc3c(-c3ccc(-n4c5ccccc5c5ccc(-c6cccc7c6sc6ccccc67)cc54)cc3)c3ccccc23)cc1. The maximum Gasteiger partial charge on any atom is 0.0547 e. The van der Waals surface area contributed by atoms with Gasteiger partial charge in [0.1, 0.15) is 0 Å². The van der Waals surface area contributed by atoms with Crippen LogP contribution in [-0.4, -0.2) is 4.57 Å². The lowest BCUT2D eigenvalue weighted by molar-refractivity contribution is 1.18. The van der Waals surface area contributed by atoms with Gasteiger partial charge in [-0.25, -0.2) is 0 Å². The van der Waals surface area contributed by atoms with E-state index in [1.807, 2.05) is 11.3 Å². The van der Waals surface area contributed by atoms with Gasteiger partial charge in [-0.1, -0.05) is 158 Å². The minimum Gasteiger partial charge on any atom is -0.309 e. The molecule has 2 aromatic heterocycles. The lowest BCUT2D eigenvalue weighted by Gasteiger charge is -2.18. The van der Waals surface area contributed by atoms with Crippen molar-refractivity contribution in [2.24, 2.45) is 0 Å². The fourth-order valence-corrected chi connectivity index (χ4v) is 9.76. The number of thiophene rings is 1. The van der Waals surface area contributed by atoms with E-state index >= 15 is 0 Å². The molecule has 2 heterocycles. The van der Waals surface area contributed by atoms with Crippen LogP contribution in [0.1, 0.15) is 0 Å². The van der Waals surface area contributed by atoms with Crippen LogP contribution in [0.25, 0.3) is 103 Å². The van der Waals surface area contributed by atoms with E-state index in [1.54, 1.807) is 0 Å². The molecule has 9 aromatic carbocycles. The minimum absolute atomic E-state index is 1.15. The Morgan fingerprint density at radius 1 is 0.327 bits per heavy atom. The van der Waals surface area contributed by atoms with Crippen LogP contribution >= 0.6 is 11.3 Å². The summed E-state index contributed by atoms with van der Waals surface area (Å²) in [5.41, 5.74) is 11.1. The minimum atomic E-state index is 1.15. The highest BCUT2D eigenvalue weighted by atomic mass is 32.1. The van der Waals surface area contributed by atoms with Gasteiger partial charge in [-0.05, 0) is 85.3 Å². The van der Waals surface area contributed by atoms with E-state index in [4.69, 9.17) is 0 Å². The van der Waals surface area contributed by atoms with Crippen LogP contribution in [0.2, 0.25) is 0 Å². The Bertz CT molecular complexity index is 3110. The lowest BCUT2D eigenvalue weighted by Crippen LogP contribution is -1.95. The molecule has 242 valence electrons. The third-order valence-corrected chi connectivity index (χ3v) is 12.0. The summed E-state index contributed by atoms with van der Waals surface area (Å²) in [6, 6.07) is 69.1. The van der Waals surface area contributed by atoms with E-state index in [-0.39, 0.29) is 0 Å². The first kappa shape index (κ1) is 29.3. The van der Waals surface area contributed by atoms with Crippen molar-refractivity contribution in [3.05, 3.63) is 188 Å². The Morgan fingerprint density at radius 3 is 1.54 bits per heavy atom. The Labute approximate surface area is 305 Å². The first-order valence-corrected chi connectivity index (χ1v) is 18.7. The standard InChI is InChI=1S/C50H31NS/c1-2-13-32(14-3-1)48-40-17-4-6-19-42(40)49(43-20-7-5-18-41(43)48)33-25-28-35(29-26-33)51-45-23-10-8-15-37(45)38-30-27-34(31-46(38)51)36-21-12-22-44-39-16-9-11-24-47(39)52-50(36)44/h1-31H. The summed E-state index contributed by atoms with van der Waals surface area (Å²) in [5.74, 6) is 0. The number of hydrogen-bond donors (Lipinski definition) is 0. The summed E-state index contributed by atoms with van der Waals surface area (Å²) >= 11 is 1.89. The number of para-hydroxylation sites is 1. The molecule has 0 spiro atoms. The van der Waals surface area contributed by atoms with Gasteiger partial charge in [-0.2, -0.15) is 0 Å². The summed E-state index contributed by atoms with van der Waals surface area (Å²) in [4.78, 5) is 0. The molecule has 0 aliphatic rings. The van der Waals surface area contributed by atoms with Gasteiger partial charge in [0.25, 0.3) is 0 Å². The molecule has 0 unspecified atom stereocenters. The molecular formula is C50H31NS. The Hall–Kier alpha value is -6.48. The quantitative estimate of drug-likeness (QED) is 0.163. The Kier molecular flexibility index (Phi) is 6.49. The van der Waals surface area contributed by atoms with Crippen molar-refractivity contribution in [2.75, 3.05) is 0 Å². The molecule has 0 fully saturated rings. The van der Waals surface area contributed by atoms with Crippen molar-refractivity contribution < 1.29 is 0 Å². The van der Waals surface area contributed by atoms with Gasteiger partial charge in [-0.3, -0.25) is 0 Å². The van der Waals surface area contributed by atoms with Crippen molar-refractivity contribution in [1.29, 1.82) is 0 Å². The summed E-state index contributed by atoms with van der Waals surface area (Å²) in [5, 5.41) is 10.3. The zero-order valence-corrected chi connectivity index (χ0v) is 29.1. The third kappa shape index (κ3) is 4.35. The summed E-state index contributed by atoms with van der Waals surface area (Å²) < 4.78 is 5.11. The molecule has 0 bridgehead atoms. The van der Waals surface area contributed by atoms with Crippen LogP contribution in [0.15, 0.2) is 188 Å². The highest BCUT2D eigenvalue weighted by Crippen LogP contribution is 2.45. The second kappa shape index (κ2) is 11.5. The fraction of sp³-hybridized carbons (Fsp3) is 0. The van der Waals surface area contributed by atoms with Crippen molar-refractivity contribution >= 4 is 74.9 Å². The fourth-order valence-electron chi connectivity index (χ4n) is 8.52. The summed E-state index contributed by atoms with van der Waals surface area (Å²) in [7, 11) is 0. The van der Waals surface area contributed by atoms with Crippen LogP contribution in [0, 0.1) is 0 Å². The van der Waals surface area contributed by atoms with Gasteiger partial charge in [0, 0.05) is 36.6 Å². The highest BCUT2D eigenvalue weighted by molar-refractivity contribution is 7.26. The predicted molar refractivity (Wildman–Crippen MR) is 225 cm³/mol. The zero-order chi connectivity index (χ0) is 34.2. The van der Waals surface area contributed by atoms with Gasteiger partial charge in [0.15, 0.2) is 0 Å². The number of aromatic nitrogens is 1. The predicted octanol–water partition coefficient (Wildman–Crippen LogP) is 14.5. The average Bonchev–Trinajstić information content (AvgIpc) is 3.76. The lowest BCUT2D eigenvalue weighted by atomic mass is 9.86. The van der Waals surface area contributed by atoms with Crippen LogP contribution < -0.4 is 0 Å². The molecule has 0 saturated carbocycles. The van der Waals surface area contributed by atoms with Crippen molar-refractivity contribution in [3.8, 4) is 39.1 Å². The largest absolute Gasteiger partial charge is 0.309 e. The van der Waals surface area contributed by atoms with Gasteiger partial charge in [0.05, 0.1) is 11.0 Å². The van der Waals surface area contributed by atoms with Crippen LogP contribution in [0.4, 0.5) is 0 Å². The normalized spacial score (nSPS) is 11.8. The molecule has 52 heavy (non-hydrogen) atoms. The van der Waals surface area contributed by atoms with E-state index in [0.29, 0.717) is 0 Å². The van der Waals surface area contributed by atoms with Crippen molar-refractivity contribution in [3.63, 3.8) is 0 Å². The smallest absolute Gasteiger partial charge is 0.0547 e. The monoisotopic (exact) mass is 677 g/mol. The van der Waals surface area contributed by atoms with E-state index in [0.717, 1.165) is 5.69 Å². The molecule has 0 amide bonds. The van der Waals surface area contributed by atoms with E-state index in [9.17, 15) is 0 Å². The topological polar surface area (TPSA) is 4.93 Å². The molecule has 1 nitrogen and oxygen atoms in total. The second-order valence-electron chi connectivity index (χ2n) is 13.6. The number of nitrogens with zero attached hydrogens (tertiary/aromatic N) is 1. The molecule has 2 heteroatoms. The highest BCUT2D eigenvalue weighted by Gasteiger charge is 2.18. The van der Waals surface area contributed by atoms with Gasteiger partial charge in [-0.15, -0.1) is 11.3 Å². The number of rotatable bonds is 4. The van der Waals surface area contributed by atoms with Gasteiger partial charge in [0.2, 0.25) is 0 Å². The molecule has 11 rings (SSSR count). The molecule has 0 aliphatic carbocycles. The maximum atomic E-state index is 2.44. The molecule has 0 atom stereocenters. The van der Waals surface area contributed by atoms with E-state index in [2.05, 4.69) is 193 Å². The van der Waals surface area contributed by atoms with Crippen LogP contribution in [0.3, 0.4) is 0 Å². The van der Waals surface area contributed by atoms with E-state index in [1.165, 1.54) is 96.9 Å². The average molecular weight is 678 g/mol. The van der Waals surface area contributed by atoms with Gasteiger partial charge < -0.3 is 4.57 Å². The Balaban J connectivity index is 1.11. The van der Waals surface area contributed by atoms with Crippen molar-refractivity contribution in [2.45, 2.75) is 0 Å². The molecular weight excluding hydrogens is 647 g/mol. The first-order chi connectivity index (χ1) is 25.8. The van der Waals surface area contributed by atoms with Crippen LogP contribution in [-0.2, 0) is 0 Å². The van der Waals surface area contributed by atoms with Crippen molar-refractivity contribution in [1.82, 2.24) is 4.57 Å². The molecule has 0 aliphatic heterocycles. The maximum absolute atomic E-state index is 2.44. The summed E-state index contributed by atoms with van der Waals surface area (Å²) in [6.07, 6.45) is 0. The molecule has 11 aromatic rings. The number of benzene rings is 9. The number of fused-ring (bicyclic) bond motifs is 8. The molecule has 0 N–H and O–H groups in total.